The first-order valence-corrected chi connectivity index (χ1v) is 8.29. The Hall–Kier alpha value is -2.61. The first-order chi connectivity index (χ1) is 12.1. The van der Waals surface area contributed by atoms with Crippen molar-refractivity contribution in [1.82, 2.24) is 14.8 Å². The average molecular weight is 342 g/mol. The molecule has 0 saturated carbocycles. The zero-order valence-electron chi connectivity index (χ0n) is 13.2. The molecule has 0 aliphatic carbocycles. The molecule has 3 saturated heterocycles. The summed E-state index contributed by atoms with van der Waals surface area (Å²) >= 11 is 0. The molecule has 2 bridgehead atoms. The molecular weight excluding hydrogens is 327 g/mol. The fourth-order valence-corrected chi connectivity index (χ4v) is 4.19. The molecule has 7 nitrogen and oxygen atoms in total. The Kier molecular flexibility index (Phi) is 3.05. The van der Waals surface area contributed by atoms with Crippen LogP contribution in [0.3, 0.4) is 0 Å². The van der Waals surface area contributed by atoms with Crippen LogP contribution in [0.25, 0.3) is 0 Å². The summed E-state index contributed by atoms with van der Waals surface area (Å²) in [6.45, 7) is 0.308. The summed E-state index contributed by atoms with van der Waals surface area (Å²) < 4.78 is 20.5. The van der Waals surface area contributed by atoms with Crippen LogP contribution in [-0.2, 0) is 20.9 Å². The van der Waals surface area contributed by atoms with Crippen molar-refractivity contribution in [3.63, 3.8) is 0 Å². The predicted octanol–water partition coefficient (Wildman–Crippen LogP) is 1.13. The van der Waals surface area contributed by atoms with Crippen LogP contribution < -0.4 is 4.90 Å². The molecular formula is C17H15FN4O3. The van der Waals surface area contributed by atoms with E-state index in [4.69, 9.17) is 4.74 Å². The monoisotopic (exact) mass is 342 g/mol. The normalized spacial score (nSPS) is 30.4. The zero-order valence-corrected chi connectivity index (χ0v) is 13.2. The van der Waals surface area contributed by atoms with E-state index in [2.05, 4.69) is 10.1 Å². The highest BCUT2D eigenvalue weighted by atomic mass is 19.1. The van der Waals surface area contributed by atoms with E-state index in [0.717, 1.165) is 23.3 Å². The van der Waals surface area contributed by atoms with Gasteiger partial charge in [-0.1, -0.05) is 12.1 Å². The first kappa shape index (κ1) is 14.7. The van der Waals surface area contributed by atoms with E-state index in [1.165, 1.54) is 23.1 Å². The molecule has 0 N–H and O–H groups in total. The molecule has 8 heteroatoms. The topological polar surface area (TPSA) is 77.3 Å². The molecule has 4 atom stereocenters. The number of hydrogen-bond donors (Lipinski definition) is 0. The number of halogens is 1. The number of carbonyl (C=O) groups excluding carboxylic acids is 2. The zero-order chi connectivity index (χ0) is 17.1. The van der Waals surface area contributed by atoms with E-state index in [-0.39, 0.29) is 35.8 Å². The fraction of sp³-hybridized carbons (Fsp3) is 0.412. The van der Waals surface area contributed by atoms with Gasteiger partial charge in [-0.2, -0.15) is 4.98 Å². The number of rotatable bonds is 3. The molecule has 0 unspecified atom stereocenters. The van der Waals surface area contributed by atoms with Gasteiger partial charge in [0.1, 0.15) is 12.1 Å². The van der Waals surface area contributed by atoms with Gasteiger partial charge in [0.2, 0.25) is 11.8 Å². The van der Waals surface area contributed by atoms with Gasteiger partial charge in [0.15, 0.2) is 0 Å². The summed E-state index contributed by atoms with van der Waals surface area (Å²) in [7, 11) is 0. The highest BCUT2D eigenvalue weighted by Gasteiger charge is 2.63. The molecule has 0 radical (unpaired) electrons. The molecule has 3 fully saturated rings. The number of benzene rings is 1. The molecule has 1 aromatic carbocycles. The minimum Gasteiger partial charge on any atom is -0.373 e. The van der Waals surface area contributed by atoms with Gasteiger partial charge in [-0.25, -0.2) is 14.0 Å². The summed E-state index contributed by atoms with van der Waals surface area (Å²) in [6, 6.07) is 6.17. The molecule has 0 spiro atoms. The van der Waals surface area contributed by atoms with Crippen molar-refractivity contribution in [3.05, 3.63) is 42.0 Å². The van der Waals surface area contributed by atoms with Gasteiger partial charge in [-0.3, -0.25) is 9.59 Å². The largest absolute Gasteiger partial charge is 0.373 e. The highest BCUT2D eigenvalue weighted by molar-refractivity contribution is 6.21. The molecule has 25 heavy (non-hydrogen) atoms. The Morgan fingerprint density at radius 2 is 1.88 bits per heavy atom. The van der Waals surface area contributed by atoms with E-state index < -0.39 is 11.8 Å². The number of imide groups is 1. The first-order valence-electron chi connectivity index (χ1n) is 8.29. The Labute approximate surface area is 142 Å². The minimum atomic E-state index is -0.401. The third-order valence-corrected chi connectivity index (χ3v) is 5.24. The van der Waals surface area contributed by atoms with Crippen LogP contribution in [0.4, 0.5) is 10.3 Å². The lowest BCUT2D eigenvalue weighted by molar-refractivity contribution is -0.124. The number of carbonyl (C=O) groups is 2. The van der Waals surface area contributed by atoms with Crippen LogP contribution in [0, 0.1) is 17.7 Å². The SMILES string of the molecule is O=C1[C@@H]2[C@H](C(=O)N1c1ncn(Cc3cccc(F)c3)n1)[C@H]1CC[C@H]2O1. The van der Waals surface area contributed by atoms with E-state index >= 15 is 0 Å². The van der Waals surface area contributed by atoms with Crippen LogP contribution in [0.15, 0.2) is 30.6 Å². The van der Waals surface area contributed by atoms with Gasteiger partial charge in [0.25, 0.3) is 5.95 Å². The van der Waals surface area contributed by atoms with Crippen molar-refractivity contribution in [2.45, 2.75) is 31.6 Å². The van der Waals surface area contributed by atoms with Gasteiger partial charge in [0, 0.05) is 0 Å². The second-order valence-corrected chi connectivity index (χ2v) is 6.73. The van der Waals surface area contributed by atoms with Gasteiger partial charge < -0.3 is 4.74 Å². The van der Waals surface area contributed by atoms with Gasteiger partial charge in [-0.05, 0) is 30.5 Å². The van der Waals surface area contributed by atoms with Crippen LogP contribution in [0.5, 0.6) is 0 Å². The van der Waals surface area contributed by atoms with Gasteiger partial charge in [-0.15, -0.1) is 5.10 Å². The van der Waals surface area contributed by atoms with E-state index in [0.29, 0.717) is 6.54 Å². The predicted molar refractivity (Wildman–Crippen MR) is 82.9 cm³/mol. The van der Waals surface area contributed by atoms with Crippen molar-refractivity contribution in [3.8, 4) is 0 Å². The van der Waals surface area contributed by atoms with Crippen molar-refractivity contribution < 1.29 is 18.7 Å². The number of amides is 2. The molecule has 4 heterocycles. The van der Waals surface area contributed by atoms with Gasteiger partial charge in [0.05, 0.1) is 30.6 Å². The van der Waals surface area contributed by atoms with E-state index in [9.17, 15) is 14.0 Å². The Balaban J connectivity index is 1.40. The maximum absolute atomic E-state index is 13.3. The van der Waals surface area contributed by atoms with Crippen molar-refractivity contribution >= 4 is 17.8 Å². The van der Waals surface area contributed by atoms with Crippen LogP contribution in [0.1, 0.15) is 18.4 Å². The van der Waals surface area contributed by atoms with Crippen molar-refractivity contribution in [1.29, 1.82) is 0 Å². The van der Waals surface area contributed by atoms with E-state index in [1.807, 2.05) is 0 Å². The third-order valence-electron chi connectivity index (χ3n) is 5.24. The van der Waals surface area contributed by atoms with Crippen LogP contribution in [-0.4, -0.2) is 38.8 Å². The second kappa shape index (κ2) is 5.19. The number of nitrogens with zero attached hydrogens (tertiary/aromatic N) is 4. The molecule has 5 rings (SSSR count). The number of fused-ring (bicyclic) bond motifs is 5. The molecule has 3 aliphatic heterocycles. The van der Waals surface area contributed by atoms with E-state index in [1.54, 1.807) is 12.1 Å². The van der Waals surface area contributed by atoms with Crippen molar-refractivity contribution in [2.24, 2.45) is 11.8 Å². The molecule has 2 amide bonds. The minimum absolute atomic E-state index is 0.0835. The molecule has 128 valence electrons. The van der Waals surface area contributed by atoms with Gasteiger partial charge >= 0.3 is 0 Å². The maximum atomic E-state index is 13.3. The summed E-state index contributed by atoms with van der Waals surface area (Å²) in [5.74, 6) is -1.59. The average Bonchev–Trinajstić information content (AvgIpc) is 3.33. The lowest BCUT2D eigenvalue weighted by atomic mass is 9.81. The fourth-order valence-electron chi connectivity index (χ4n) is 4.19. The maximum Gasteiger partial charge on any atom is 0.258 e. The number of ether oxygens (including phenoxy) is 1. The summed E-state index contributed by atoms with van der Waals surface area (Å²) in [5.41, 5.74) is 0.721. The quantitative estimate of drug-likeness (QED) is 0.782. The second-order valence-electron chi connectivity index (χ2n) is 6.73. The summed E-state index contributed by atoms with van der Waals surface area (Å²) in [5, 5.41) is 4.24. The third kappa shape index (κ3) is 2.13. The standard InChI is InChI=1S/C17H15FN4O3/c18-10-3-1-2-9(6-10)7-21-8-19-17(20-21)22-15(23)13-11-4-5-12(25-11)14(13)16(22)24/h1-3,6,8,11-14H,4-5,7H2/t11-,12-,13-,14+/m1/s1. The van der Waals surface area contributed by atoms with Crippen LogP contribution >= 0.6 is 0 Å². The Morgan fingerprint density at radius 1 is 1.16 bits per heavy atom. The Morgan fingerprint density at radius 3 is 2.56 bits per heavy atom. The summed E-state index contributed by atoms with van der Waals surface area (Å²) in [4.78, 5) is 30.6. The van der Waals surface area contributed by atoms with Crippen LogP contribution in [0.2, 0.25) is 0 Å². The summed E-state index contributed by atoms with van der Waals surface area (Å²) in [6.07, 6.45) is 2.76. The number of anilines is 1. The molecule has 1 aromatic heterocycles. The lowest BCUT2D eigenvalue weighted by Gasteiger charge is -2.14. The van der Waals surface area contributed by atoms with Crippen molar-refractivity contribution in [2.75, 3.05) is 4.90 Å². The molecule has 3 aliphatic rings. The Bertz CT molecular complexity index is 854. The number of aromatic nitrogens is 3. The lowest BCUT2D eigenvalue weighted by Crippen LogP contribution is -2.35. The highest BCUT2D eigenvalue weighted by Crippen LogP contribution is 2.48. The molecule has 2 aromatic rings. The number of hydrogen-bond acceptors (Lipinski definition) is 5. The smallest absolute Gasteiger partial charge is 0.258 e.